The number of hydrogen-bond donors (Lipinski definition) is 0. The third kappa shape index (κ3) is 4.69. The third-order valence-corrected chi connectivity index (χ3v) is 5.91. The van der Waals surface area contributed by atoms with Crippen LogP contribution >= 0.6 is 11.3 Å². The lowest BCUT2D eigenvalue weighted by Gasteiger charge is -2.29. The first kappa shape index (κ1) is 19.3. The number of carbonyl (C=O) groups excluding carboxylic acids is 1. The molecule has 0 saturated heterocycles. The van der Waals surface area contributed by atoms with Gasteiger partial charge in [0.05, 0.1) is 28.0 Å². The van der Waals surface area contributed by atoms with Gasteiger partial charge in [-0.15, -0.1) is 11.3 Å². The fourth-order valence-corrected chi connectivity index (χ4v) is 4.14. The molecule has 29 heavy (non-hydrogen) atoms. The van der Waals surface area contributed by atoms with E-state index in [-0.39, 0.29) is 11.9 Å². The largest absolute Gasteiger partial charge is 0.330 e. The van der Waals surface area contributed by atoms with E-state index in [2.05, 4.69) is 41.2 Å². The Bertz CT molecular complexity index is 1080. The van der Waals surface area contributed by atoms with Crippen LogP contribution in [0.4, 0.5) is 0 Å². The Morgan fingerprint density at radius 2 is 1.86 bits per heavy atom. The van der Waals surface area contributed by atoms with E-state index in [9.17, 15) is 4.79 Å². The molecule has 0 bridgehead atoms. The highest BCUT2D eigenvalue weighted by Gasteiger charge is 2.22. The van der Waals surface area contributed by atoms with E-state index < -0.39 is 0 Å². The Morgan fingerprint density at radius 3 is 2.66 bits per heavy atom. The minimum Gasteiger partial charge on any atom is -0.330 e. The van der Waals surface area contributed by atoms with Gasteiger partial charge in [0.15, 0.2) is 0 Å². The van der Waals surface area contributed by atoms with Crippen LogP contribution in [0.3, 0.4) is 0 Å². The number of rotatable bonds is 7. The second kappa shape index (κ2) is 8.97. The number of aryl methyl sites for hydroxylation is 1. The molecule has 0 radical (unpaired) electrons. The van der Waals surface area contributed by atoms with Crippen LogP contribution in [0.25, 0.3) is 10.2 Å². The van der Waals surface area contributed by atoms with Gasteiger partial charge in [-0.1, -0.05) is 36.4 Å². The topological polar surface area (TPSA) is 46.1 Å². The molecule has 1 amide bonds. The molecule has 0 unspecified atom stereocenters. The summed E-state index contributed by atoms with van der Waals surface area (Å²) in [6.45, 7) is 2.62. The minimum atomic E-state index is 0.0338. The summed E-state index contributed by atoms with van der Waals surface area (Å²) in [6, 6.07) is 22.1. The molecule has 0 aliphatic carbocycles. The van der Waals surface area contributed by atoms with Gasteiger partial charge in [0.25, 0.3) is 5.91 Å². The Labute approximate surface area is 174 Å². The van der Waals surface area contributed by atoms with Crippen molar-refractivity contribution in [2.24, 2.45) is 0 Å². The van der Waals surface area contributed by atoms with Crippen molar-refractivity contribution in [3.05, 3.63) is 95.3 Å². The SMILES string of the molecule is C[C@H](CCc1ccccc1)N(Cc1ccccn1)C(=O)c1ccc2ncsc2c1. The van der Waals surface area contributed by atoms with E-state index in [1.54, 1.807) is 17.5 Å². The van der Waals surface area contributed by atoms with E-state index in [1.807, 2.05) is 52.9 Å². The molecule has 4 aromatic rings. The van der Waals surface area contributed by atoms with Crippen molar-refractivity contribution in [2.75, 3.05) is 0 Å². The van der Waals surface area contributed by atoms with E-state index in [0.29, 0.717) is 12.1 Å². The lowest BCUT2D eigenvalue weighted by atomic mass is 10.0. The second-order valence-electron chi connectivity index (χ2n) is 7.16. The van der Waals surface area contributed by atoms with Gasteiger partial charge in [-0.2, -0.15) is 0 Å². The molecule has 1 atom stereocenters. The highest BCUT2D eigenvalue weighted by Crippen LogP contribution is 2.22. The van der Waals surface area contributed by atoms with E-state index in [4.69, 9.17) is 0 Å². The van der Waals surface area contributed by atoms with Crippen molar-refractivity contribution < 1.29 is 4.79 Å². The number of nitrogens with zero attached hydrogens (tertiary/aromatic N) is 3. The van der Waals surface area contributed by atoms with Crippen molar-refractivity contribution in [1.82, 2.24) is 14.9 Å². The number of thiazole rings is 1. The zero-order chi connectivity index (χ0) is 20.1. The van der Waals surface area contributed by atoms with Crippen LogP contribution in [0.2, 0.25) is 0 Å². The maximum absolute atomic E-state index is 13.4. The van der Waals surface area contributed by atoms with Gasteiger partial charge >= 0.3 is 0 Å². The number of aromatic nitrogens is 2. The predicted octanol–water partition coefficient (Wildman–Crippen LogP) is 5.36. The molecular formula is C24H23N3OS. The van der Waals surface area contributed by atoms with E-state index >= 15 is 0 Å². The average Bonchev–Trinajstić information content (AvgIpc) is 3.25. The van der Waals surface area contributed by atoms with Crippen molar-refractivity contribution in [2.45, 2.75) is 32.4 Å². The normalized spacial score (nSPS) is 12.0. The van der Waals surface area contributed by atoms with Crippen molar-refractivity contribution in [3.8, 4) is 0 Å². The first-order valence-corrected chi connectivity index (χ1v) is 10.7. The molecule has 0 spiro atoms. The molecule has 0 aliphatic heterocycles. The molecule has 0 fully saturated rings. The number of fused-ring (bicyclic) bond motifs is 1. The summed E-state index contributed by atoms with van der Waals surface area (Å²) >= 11 is 1.56. The Kier molecular flexibility index (Phi) is 5.96. The number of benzene rings is 2. The highest BCUT2D eigenvalue weighted by molar-refractivity contribution is 7.16. The van der Waals surface area contributed by atoms with Gasteiger partial charge < -0.3 is 4.90 Å². The Balaban J connectivity index is 1.57. The molecule has 2 heterocycles. The van der Waals surface area contributed by atoms with Crippen LogP contribution in [-0.4, -0.2) is 26.8 Å². The van der Waals surface area contributed by atoms with Crippen LogP contribution in [0.5, 0.6) is 0 Å². The van der Waals surface area contributed by atoms with Crippen LogP contribution in [0, 0.1) is 0 Å². The predicted molar refractivity (Wildman–Crippen MR) is 118 cm³/mol. The summed E-state index contributed by atoms with van der Waals surface area (Å²) in [7, 11) is 0. The molecule has 2 aromatic heterocycles. The maximum atomic E-state index is 13.4. The highest BCUT2D eigenvalue weighted by atomic mass is 32.1. The van der Waals surface area contributed by atoms with Crippen LogP contribution in [-0.2, 0) is 13.0 Å². The van der Waals surface area contributed by atoms with Gasteiger partial charge in [-0.25, -0.2) is 4.98 Å². The maximum Gasteiger partial charge on any atom is 0.254 e. The number of carbonyl (C=O) groups is 1. The number of hydrogen-bond acceptors (Lipinski definition) is 4. The monoisotopic (exact) mass is 401 g/mol. The van der Waals surface area contributed by atoms with E-state index in [1.165, 1.54) is 5.56 Å². The molecule has 0 N–H and O–H groups in total. The molecule has 0 saturated carbocycles. The lowest BCUT2D eigenvalue weighted by molar-refractivity contribution is 0.0665. The summed E-state index contributed by atoms with van der Waals surface area (Å²) in [6.07, 6.45) is 3.60. The van der Waals surface area contributed by atoms with Gasteiger partial charge in [0.1, 0.15) is 0 Å². The van der Waals surface area contributed by atoms with Crippen LogP contribution in [0.1, 0.15) is 35.0 Å². The zero-order valence-electron chi connectivity index (χ0n) is 16.4. The van der Waals surface area contributed by atoms with Crippen molar-refractivity contribution >= 4 is 27.5 Å². The second-order valence-corrected chi connectivity index (χ2v) is 8.05. The van der Waals surface area contributed by atoms with E-state index in [0.717, 1.165) is 28.8 Å². The fourth-order valence-electron chi connectivity index (χ4n) is 3.42. The summed E-state index contributed by atoms with van der Waals surface area (Å²) < 4.78 is 1.03. The van der Waals surface area contributed by atoms with Gasteiger partial charge in [-0.3, -0.25) is 9.78 Å². The van der Waals surface area contributed by atoms with Gasteiger partial charge in [0, 0.05) is 17.8 Å². The molecule has 4 nitrogen and oxygen atoms in total. The quantitative estimate of drug-likeness (QED) is 0.419. The molecule has 0 aliphatic rings. The fraction of sp³-hybridized carbons (Fsp3) is 0.208. The minimum absolute atomic E-state index is 0.0338. The first-order chi connectivity index (χ1) is 14.2. The average molecular weight is 402 g/mol. The third-order valence-electron chi connectivity index (χ3n) is 5.12. The summed E-state index contributed by atoms with van der Waals surface area (Å²) in [5.41, 5.74) is 5.62. The van der Waals surface area contributed by atoms with Crippen molar-refractivity contribution in [3.63, 3.8) is 0 Å². The summed E-state index contributed by atoms with van der Waals surface area (Å²) in [4.78, 5) is 24.1. The number of pyridine rings is 1. The van der Waals surface area contributed by atoms with Gasteiger partial charge in [0.2, 0.25) is 0 Å². The Morgan fingerprint density at radius 1 is 1.03 bits per heavy atom. The molecular weight excluding hydrogens is 378 g/mol. The zero-order valence-corrected chi connectivity index (χ0v) is 17.2. The standard InChI is InChI=1S/C24H23N3OS/c1-18(10-11-19-7-3-2-4-8-19)27(16-21-9-5-6-14-25-21)24(28)20-12-13-22-23(15-20)29-17-26-22/h2-9,12-15,17-18H,10-11,16H2,1H3/t18-/m1/s1. The number of amides is 1. The van der Waals surface area contributed by atoms with Crippen LogP contribution in [0.15, 0.2) is 78.4 Å². The molecule has 5 heteroatoms. The van der Waals surface area contributed by atoms with Gasteiger partial charge in [-0.05, 0) is 55.7 Å². The first-order valence-electron chi connectivity index (χ1n) is 9.79. The van der Waals surface area contributed by atoms with Crippen LogP contribution < -0.4 is 0 Å². The molecule has 2 aromatic carbocycles. The molecule has 4 rings (SSSR count). The lowest BCUT2D eigenvalue weighted by Crippen LogP contribution is -2.38. The molecule has 146 valence electrons. The summed E-state index contributed by atoms with van der Waals surface area (Å²) in [5.74, 6) is 0.0338. The van der Waals surface area contributed by atoms with Crippen molar-refractivity contribution in [1.29, 1.82) is 0 Å². The smallest absolute Gasteiger partial charge is 0.254 e. The Hall–Kier alpha value is -3.05. The summed E-state index contributed by atoms with van der Waals surface area (Å²) in [5, 5.41) is 0.